The molecular weight excluding hydrogens is 303 g/mol. The lowest BCUT2D eigenvalue weighted by Gasteiger charge is -2.23. The summed E-state index contributed by atoms with van der Waals surface area (Å²) < 4.78 is 13.8. The lowest BCUT2D eigenvalue weighted by atomic mass is 9.91. The molecule has 1 heterocycles. The van der Waals surface area contributed by atoms with Crippen LogP contribution in [-0.2, 0) is 12.8 Å². The highest BCUT2D eigenvalue weighted by Crippen LogP contribution is 2.30. The second kappa shape index (κ2) is 5.78. The minimum atomic E-state index is -0.478. The summed E-state index contributed by atoms with van der Waals surface area (Å²) in [7, 11) is 0. The molecule has 3 nitrogen and oxygen atoms in total. The second-order valence-electron chi connectivity index (χ2n) is 6.52. The van der Waals surface area contributed by atoms with E-state index in [2.05, 4.69) is 35.4 Å². The first-order valence-electron chi connectivity index (χ1n) is 8.27. The molecule has 0 spiro atoms. The van der Waals surface area contributed by atoms with E-state index in [1.807, 2.05) is 0 Å². The highest BCUT2D eigenvalue weighted by atomic mass is 19.1. The van der Waals surface area contributed by atoms with Gasteiger partial charge in [-0.15, -0.1) is 0 Å². The maximum Gasteiger partial charge on any atom is 0.254 e. The van der Waals surface area contributed by atoms with Crippen molar-refractivity contribution in [2.24, 2.45) is 0 Å². The summed E-state index contributed by atoms with van der Waals surface area (Å²) in [5, 5.41) is 4.22. The number of aromatic amines is 1. The van der Waals surface area contributed by atoms with Crippen LogP contribution >= 0.6 is 0 Å². The predicted molar refractivity (Wildman–Crippen MR) is 92.7 cm³/mol. The number of aryl methyl sites for hydroxylation is 2. The first-order chi connectivity index (χ1) is 11.6. The van der Waals surface area contributed by atoms with Crippen LogP contribution in [0.5, 0.6) is 0 Å². The molecule has 4 heteroatoms. The quantitative estimate of drug-likeness (QED) is 0.738. The predicted octanol–water partition coefficient (Wildman–Crippen LogP) is 3.90. The molecule has 3 aromatic rings. The number of benzene rings is 2. The average molecular weight is 322 g/mol. The van der Waals surface area contributed by atoms with E-state index in [0.717, 1.165) is 24.8 Å². The number of carbonyl (C=O) groups is 1. The average Bonchev–Trinajstić information content (AvgIpc) is 2.92. The summed E-state index contributed by atoms with van der Waals surface area (Å²) in [6.45, 7) is 2.08. The van der Waals surface area contributed by atoms with Crippen molar-refractivity contribution in [3.8, 4) is 0 Å². The van der Waals surface area contributed by atoms with Crippen LogP contribution < -0.4 is 5.32 Å². The maximum atomic E-state index is 13.8. The minimum Gasteiger partial charge on any atom is -0.358 e. The molecule has 1 amide bonds. The fourth-order valence-electron chi connectivity index (χ4n) is 3.56. The Bertz CT molecular complexity index is 929. The number of aromatic nitrogens is 1. The molecule has 0 saturated heterocycles. The van der Waals surface area contributed by atoms with Crippen molar-refractivity contribution in [3.05, 3.63) is 70.7 Å². The van der Waals surface area contributed by atoms with Crippen molar-refractivity contribution in [1.29, 1.82) is 0 Å². The van der Waals surface area contributed by atoms with Crippen LogP contribution in [0.15, 0.2) is 42.5 Å². The van der Waals surface area contributed by atoms with E-state index < -0.39 is 5.82 Å². The van der Waals surface area contributed by atoms with Crippen LogP contribution in [0, 0.1) is 12.7 Å². The zero-order chi connectivity index (χ0) is 16.7. The van der Waals surface area contributed by atoms with E-state index in [0.29, 0.717) is 0 Å². The third-order valence-corrected chi connectivity index (χ3v) is 4.80. The Morgan fingerprint density at radius 2 is 2.08 bits per heavy atom. The number of halogens is 1. The Balaban J connectivity index is 1.58. The third kappa shape index (κ3) is 2.58. The number of fused-ring (bicyclic) bond motifs is 3. The van der Waals surface area contributed by atoms with Gasteiger partial charge in [0.1, 0.15) is 5.82 Å². The molecule has 0 bridgehead atoms. The van der Waals surface area contributed by atoms with Gasteiger partial charge in [0.15, 0.2) is 0 Å². The van der Waals surface area contributed by atoms with E-state index in [1.54, 1.807) is 12.1 Å². The third-order valence-electron chi connectivity index (χ3n) is 4.80. The minimum absolute atomic E-state index is 0.0316. The first-order valence-corrected chi connectivity index (χ1v) is 8.27. The highest BCUT2D eigenvalue weighted by molar-refractivity contribution is 5.94. The van der Waals surface area contributed by atoms with Crippen LogP contribution in [0.2, 0.25) is 0 Å². The topological polar surface area (TPSA) is 44.9 Å². The van der Waals surface area contributed by atoms with Crippen LogP contribution in [0.3, 0.4) is 0 Å². The lowest BCUT2D eigenvalue weighted by molar-refractivity contribution is 0.0929. The highest BCUT2D eigenvalue weighted by Gasteiger charge is 2.24. The van der Waals surface area contributed by atoms with Crippen molar-refractivity contribution >= 4 is 16.8 Å². The first kappa shape index (κ1) is 14.9. The van der Waals surface area contributed by atoms with Gasteiger partial charge >= 0.3 is 0 Å². The molecule has 122 valence electrons. The monoisotopic (exact) mass is 322 g/mol. The Hall–Kier alpha value is -2.62. The van der Waals surface area contributed by atoms with Crippen LogP contribution in [0.25, 0.3) is 10.9 Å². The second-order valence-corrected chi connectivity index (χ2v) is 6.52. The summed E-state index contributed by atoms with van der Waals surface area (Å²) in [4.78, 5) is 15.8. The molecular formula is C20H19FN2O. The van der Waals surface area contributed by atoms with Crippen molar-refractivity contribution in [2.75, 3.05) is 0 Å². The molecule has 1 aliphatic carbocycles. The molecule has 1 atom stereocenters. The summed E-state index contributed by atoms with van der Waals surface area (Å²) in [5.41, 5.74) is 5.01. The van der Waals surface area contributed by atoms with Crippen LogP contribution in [0.4, 0.5) is 4.39 Å². The summed E-state index contributed by atoms with van der Waals surface area (Å²) in [6.07, 6.45) is 2.53. The maximum absolute atomic E-state index is 13.8. The van der Waals surface area contributed by atoms with Gasteiger partial charge in [0, 0.05) is 22.6 Å². The molecule has 0 aliphatic heterocycles. The number of H-pyrrole nitrogens is 1. The molecule has 0 radical (unpaired) electrons. The molecule has 0 saturated carbocycles. The standard InChI is InChI=1S/C20H19FN2O/c1-12-6-8-18-15(10-12)16-11-13(7-9-19(16)23-18)22-20(24)14-4-2-3-5-17(14)21/h2-6,8,10,13,23H,7,9,11H2,1H3,(H,22,24). The number of nitrogens with one attached hydrogen (secondary N) is 2. The lowest BCUT2D eigenvalue weighted by Crippen LogP contribution is -2.39. The fraction of sp³-hybridized carbons (Fsp3) is 0.250. The molecule has 1 unspecified atom stereocenters. The van der Waals surface area contributed by atoms with E-state index in [-0.39, 0.29) is 17.5 Å². The molecule has 1 aromatic heterocycles. The number of carbonyl (C=O) groups excluding carboxylic acids is 1. The van der Waals surface area contributed by atoms with Gasteiger partial charge in [0.2, 0.25) is 0 Å². The molecule has 0 fully saturated rings. The van der Waals surface area contributed by atoms with Gasteiger partial charge in [0.05, 0.1) is 5.56 Å². The van der Waals surface area contributed by atoms with E-state index in [1.165, 1.54) is 34.3 Å². The van der Waals surface area contributed by atoms with E-state index in [4.69, 9.17) is 0 Å². The van der Waals surface area contributed by atoms with E-state index >= 15 is 0 Å². The van der Waals surface area contributed by atoms with E-state index in [9.17, 15) is 9.18 Å². The van der Waals surface area contributed by atoms with Crippen molar-refractivity contribution < 1.29 is 9.18 Å². The summed E-state index contributed by atoms with van der Waals surface area (Å²) in [6, 6.07) is 12.5. The molecule has 2 N–H and O–H groups in total. The smallest absolute Gasteiger partial charge is 0.254 e. The zero-order valence-electron chi connectivity index (χ0n) is 13.5. The van der Waals surface area contributed by atoms with Gasteiger partial charge in [-0.05, 0) is 56.0 Å². The zero-order valence-corrected chi connectivity index (χ0v) is 13.5. The van der Waals surface area contributed by atoms with Crippen LogP contribution in [0.1, 0.15) is 33.6 Å². The molecule has 24 heavy (non-hydrogen) atoms. The summed E-state index contributed by atoms with van der Waals surface area (Å²) in [5.74, 6) is -0.813. The largest absolute Gasteiger partial charge is 0.358 e. The fourth-order valence-corrected chi connectivity index (χ4v) is 3.56. The van der Waals surface area contributed by atoms with Gasteiger partial charge in [-0.3, -0.25) is 4.79 Å². The Labute approximate surface area is 139 Å². The molecule has 1 aliphatic rings. The number of rotatable bonds is 2. The molecule has 2 aromatic carbocycles. The van der Waals surface area contributed by atoms with Crippen molar-refractivity contribution in [3.63, 3.8) is 0 Å². The van der Waals surface area contributed by atoms with Gasteiger partial charge < -0.3 is 10.3 Å². The van der Waals surface area contributed by atoms with Gasteiger partial charge in [-0.25, -0.2) is 4.39 Å². The van der Waals surface area contributed by atoms with Gasteiger partial charge in [-0.2, -0.15) is 0 Å². The number of amides is 1. The number of hydrogen-bond acceptors (Lipinski definition) is 1. The van der Waals surface area contributed by atoms with Crippen LogP contribution in [-0.4, -0.2) is 16.9 Å². The number of hydrogen-bond donors (Lipinski definition) is 2. The Morgan fingerprint density at radius 1 is 1.25 bits per heavy atom. The van der Waals surface area contributed by atoms with Crippen molar-refractivity contribution in [1.82, 2.24) is 10.3 Å². The normalized spacial score (nSPS) is 16.8. The molecule has 4 rings (SSSR count). The Kier molecular flexibility index (Phi) is 3.60. The Morgan fingerprint density at radius 3 is 2.92 bits per heavy atom. The van der Waals surface area contributed by atoms with Crippen molar-refractivity contribution in [2.45, 2.75) is 32.2 Å². The van der Waals surface area contributed by atoms with Gasteiger partial charge in [0.25, 0.3) is 5.91 Å². The summed E-state index contributed by atoms with van der Waals surface area (Å²) >= 11 is 0. The van der Waals surface area contributed by atoms with Gasteiger partial charge in [-0.1, -0.05) is 23.8 Å². The SMILES string of the molecule is Cc1ccc2[nH]c3c(c2c1)CC(NC(=O)c1ccccc1F)CC3.